The van der Waals surface area contributed by atoms with Gasteiger partial charge >= 0.3 is 5.97 Å². The van der Waals surface area contributed by atoms with Crippen LogP contribution in [0.5, 0.6) is 5.75 Å². The molecular weight excluding hydrogens is 432 g/mol. The van der Waals surface area contributed by atoms with E-state index in [4.69, 9.17) is 9.47 Å². The van der Waals surface area contributed by atoms with Crippen LogP contribution in [0.1, 0.15) is 38.5 Å². The van der Waals surface area contributed by atoms with Crippen LogP contribution >= 0.6 is 0 Å². The highest BCUT2D eigenvalue weighted by Gasteiger charge is 2.19. The van der Waals surface area contributed by atoms with Gasteiger partial charge in [0.15, 0.2) is 0 Å². The van der Waals surface area contributed by atoms with Gasteiger partial charge in [-0.05, 0) is 53.1 Å². The number of methoxy groups -OCH3 is 1. The van der Waals surface area contributed by atoms with E-state index in [9.17, 15) is 4.79 Å². The molecule has 35 heavy (non-hydrogen) atoms. The van der Waals surface area contributed by atoms with Crippen molar-refractivity contribution in [2.45, 2.75) is 5.92 Å². The lowest BCUT2D eigenvalue weighted by Gasteiger charge is -2.21. The third-order valence-electron chi connectivity index (χ3n) is 5.64. The summed E-state index contributed by atoms with van der Waals surface area (Å²) in [5.41, 5.74) is 4.88. The van der Waals surface area contributed by atoms with Crippen molar-refractivity contribution in [1.82, 2.24) is 0 Å². The van der Waals surface area contributed by atoms with Gasteiger partial charge in [-0.1, -0.05) is 91.2 Å². The molecule has 3 nitrogen and oxygen atoms in total. The predicted octanol–water partition coefficient (Wildman–Crippen LogP) is 6.64. The van der Waals surface area contributed by atoms with Crippen LogP contribution in [-0.2, 0) is 4.74 Å². The van der Waals surface area contributed by atoms with Crippen LogP contribution in [-0.4, -0.2) is 19.7 Å². The smallest absolute Gasteiger partial charge is 0.339 e. The molecule has 0 amide bonds. The molecule has 0 aliphatic rings. The first kappa shape index (κ1) is 23.6. The van der Waals surface area contributed by atoms with Crippen LogP contribution in [0.15, 0.2) is 121 Å². The van der Waals surface area contributed by atoms with Gasteiger partial charge in [-0.25, -0.2) is 4.79 Å². The molecule has 0 aliphatic heterocycles. The van der Waals surface area contributed by atoms with Crippen molar-refractivity contribution in [3.8, 4) is 17.6 Å². The molecule has 4 aromatic rings. The predicted molar refractivity (Wildman–Crippen MR) is 140 cm³/mol. The fourth-order valence-electron chi connectivity index (χ4n) is 3.86. The van der Waals surface area contributed by atoms with Gasteiger partial charge in [0.2, 0.25) is 0 Å². The van der Waals surface area contributed by atoms with Gasteiger partial charge in [0, 0.05) is 17.0 Å². The van der Waals surface area contributed by atoms with Crippen molar-refractivity contribution in [2.75, 3.05) is 13.7 Å². The van der Waals surface area contributed by atoms with Gasteiger partial charge in [-0.3, -0.25) is 0 Å². The number of hydrogen-bond donors (Lipinski definition) is 0. The zero-order valence-corrected chi connectivity index (χ0v) is 19.6. The van der Waals surface area contributed by atoms with Gasteiger partial charge in [0.25, 0.3) is 0 Å². The quantitative estimate of drug-likeness (QED) is 0.177. The fourth-order valence-corrected chi connectivity index (χ4v) is 3.86. The summed E-state index contributed by atoms with van der Waals surface area (Å²) in [6.07, 6.45) is 0. The molecule has 0 atom stereocenters. The molecule has 4 rings (SSSR count). The zero-order valence-electron chi connectivity index (χ0n) is 19.6. The maximum atomic E-state index is 13.0. The molecule has 3 heteroatoms. The van der Waals surface area contributed by atoms with E-state index in [0.29, 0.717) is 11.1 Å². The number of hydrogen-bond acceptors (Lipinski definition) is 3. The molecule has 0 saturated carbocycles. The van der Waals surface area contributed by atoms with Crippen LogP contribution in [0.4, 0.5) is 0 Å². The lowest BCUT2D eigenvalue weighted by atomic mass is 9.86. The number of carbonyl (C=O) groups is 1. The molecule has 0 radical (unpaired) electrons. The van der Waals surface area contributed by atoms with E-state index in [0.717, 1.165) is 28.0 Å². The van der Waals surface area contributed by atoms with Gasteiger partial charge in [-0.2, -0.15) is 0 Å². The number of carbonyl (C=O) groups excluding carboxylic acids is 1. The Morgan fingerprint density at radius 3 is 1.94 bits per heavy atom. The lowest BCUT2D eigenvalue weighted by molar-refractivity contribution is 0.0536. The Hall–Kier alpha value is -4.55. The second-order valence-electron chi connectivity index (χ2n) is 8.01. The van der Waals surface area contributed by atoms with Crippen LogP contribution in [0, 0.1) is 11.8 Å². The van der Waals surface area contributed by atoms with Crippen molar-refractivity contribution in [1.29, 1.82) is 0 Å². The minimum atomic E-state index is -0.425. The summed E-state index contributed by atoms with van der Waals surface area (Å²) in [5.74, 6) is 6.47. The largest absolute Gasteiger partial charge is 0.497 e. The van der Waals surface area contributed by atoms with Crippen molar-refractivity contribution in [3.05, 3.63) is 149 Å². The summed E-state index contributed by atoms with van der Waals surface area (Å²) in [5, 5.41) is 0. The van der Waals surface area contributed by atoms with Crippen molar-refractivity contribution in [3.63, 3.8) is 0 Å². The molecule has 172 valence electrons. The van der Waals surface area contributed by atoms with Crippen molar-refractivity contribution in [2.24, 2.45) is 0 Å². The highest BCUT2D eigenvalue weighted by atomic mass is 16.5. The maximum absolute atomic E-state index is 13.0. The third kappa shape index (κ3) is 6.07. The number of ether oxygens (including phenoxy) is 2. The number of rotatable bonds is 7. The third-order valence-corrected chi connectivity index (χ3v) is 5.64. The molecule has 0 unspecified atom stereocenters. The minimum Gasteiger partial charge on any atom is -0.497 e. The normalized spacial score (nSPS) is 10.2. The van der Waals surface area contributed by atoms with E-state index in [2.05, 4.69) is 42.7 Å². The molecule has 0 saturated heterocycles. The van der Waals surface area contributed by atoms with Crippen molar-refractivity contribution < 1.29 is 14.3 Å². The van der Waals surface area contributed by atoms with E-state index < -0.39 is 5.97 Å². The van der Waals surface area contributed by atoms with E-state index in [1.54, 1.807) is 19.2 Å². The summed E-state index contributed by atoms with van der Waals surface area (Å²) >= 11 is 0. The lowest BCUT2D eigenvalue weighted by Crippen LogP contribution is -2.14. The Labute approximate surface area is 206 Å². The first-order valence-corrected chi connectivity index (χ1v) is 11.4. The molecule has 0 aliphatic carbocycles. The molecule has 0 spiro atoms. The second-order valence-corrected chi connectivity index (χ2v) is 8.01. The molecule has 0 heterocycles. The molecule has 0 bridgehead atoms. The zero-order chi connectivity index (χ0) is 24.5. The first-order valence-electron chi connectivity index (χ1n) is 11.4. The Balaban J connectivity index is 1.50. The average molecular weight is 459 g/mol. The van der Waals surface area contributed by atoms with E-state index in [1.807, 2.05) is 72.8 Å². The summed E-state index contributed by atoms with van der Waals surface area (Å²) in [7, 11) is 1.62. The van der Waals surface area contributed by atoms with Gasteiger partial charge in [0.05, 0.1) is 12.7 Å². The van der Waals surface area contributed by atoms with Crippen LogP contribution in [0.3, 0.4) is 0 Å². The first-order chi connectivity index (χ1) is 17.2. The van der Waals surface area contributed by atoms with Crippen LogP contribution in [0.2, 0.25) is 0 Å². The maximum Gasteiger partial charge on any atom is 0.339 e. The Morgan fingerprint density at radius 2 is 1.34 bits per heavy atom. The Bertz CT molecular complexity index is 1310. The molecule has 0 fully saturated rings. The molecule has 0 N–H and O–H groups in total. The Kier molecular flexibility index (Phi) is 7.78. The average Bonchev–Trinajstić information content (AvgIpc) is 2.92. The van der Waals surface area contributed by atoms with Gasteiger partial charge in [-0.15, -0.1) is 0 Å². The molecular formula is C32H26O3. The highest BCUT2D eigenvalue weighted by Crippen LogP contribution is 2.31. The molecule has 0 aromatic heterocycles. The van der Waals surface area contributed by atoms with E-state index in [-0.39, 0.29) is 12.5 Å². The monoisotopic (exact) mass is 458 g/mol. The van der Waals surface area contributed by atoms with E-state index in [1.165, 1.54) is 0 Å². The SMILES string of the molecule is C=C(COC(=O)c1ccccc1C#Cc1ccc(OC)cc1)C(c1ccccc1)c1ccccc1. The fraction of sp³-hybridized carbons (Fsp3) is 0.0938. The standard InChI is InChI=1S/C32H26O3/c1-24(31(27-12-5-3-6-13-27)28-14-7-4-8-15-28)23-35-32(33)30-16-10-9-11-26(30)20-17-25-18-21-29(34-2)22-19-25/h3-16,18-19,21-22,31H,1,23H2,2H3. The van der Waals surface area contributed by atoms with Crippen LogP contribution < -0.4 is 4.74 Å². The topological polar surface area (TPSA) is 35.5 Å². The Morgan fingerprint density at radius 1 is 0.771 bits per heavy atom. The summed E-state index contributed by atoms with van der Waals surface area (Å²) in [4.78, 5) is 13.0. The highest BCUT2D eigenvalue weighted by molar-refractivity contribution is 5.92. The van der Waals surface area contributed by atoms with Gasteiger partial charge < -0.3 is 9.47 Å². The number of esters is 1. The molecule has 4 aromatic carbocycles. The number of benzene rings is 4. The summed E-state index contributed by atoms with van der Waals surface area (Å²) in [6, 6.07) is 34.9. The second kappa shape index (κ2) is 11.5. The van der Waals surface area contributed by atoms with E-state index >= 15 is 0 Å². The summed E-state index contributed by atoms with van der Waals surface area (Å²) < 4.78 is 10.9. The summed E-state index contributed by atoms with van der Waals surface area (Å²) in [6.45, 7) is 4.38. The van der Waals surface area contributed by atoms with Crippen molar-refractivity contribution >= 4 is 5.97 Å². The van der Waals surface area contributed by atoms with Crippen LogP contribution in [0.25, 0.3) is 0 Å². The van der Waals surface area contributed by atoms with Gasteiger partial charge in [0.1, 0.15) is 12.4 Å². The minimum absolute atomic E-state index is 0.0738.